The van der Waals surface area contributed by atoms with Gasteiger partial charge >= 0.3 is 0 Å². The van der Waals surface area contributed by atoms with E-state index in [0.29, 0.717) is 48.2 Å². The fraction of sp³-hybridized carbons (Fsp3) is 0.192. The SMILES string of the molecule is Cc1ccc(NC(=O)c2nc(Cc3ccc(Cl)cc3)n3c2CN(C(=O)c2ccc[nH]2)CC3)cc1. The lowest BCUT2D eigenvalue weighted by atomic mass is 10.1. The Morgan fingerprint density at radius 1 is 1.06 bits per heavy atom. The first-order valence-corrected chi connectivity index (χ1v) is 11.5. The number of halogens is 1. The maximum Gasteiger partial charge on any atom is 0.276 e. The molecule has 0 saturated carbocycles. The summed E-state index contributed by atoms with van der Waals surface area (Å²) >= 11 is 6.04. The van der Waals surface area contributed by atoms with Crippen molar-refractivity contribution in [3.05, 3.63) is 106 Å². The molecule has 5 rings (SSSR count). The largest absolute Gasteiger partial charge is 0.357 e. The number of nitrogens with one attached hydrogen (secondary N) is 2. The Bertz CT molecular complexity index is 1330. The van der Waals surface area contributed by atoms with E-state index in [1.165, 1.54) is 0 Å². The third-order valence-corrected chi connectivity index (χ3v) is 6.25. The van der Waals surface area contributed by atoms with Crippen molar-refractivity contribution >= 4 is 29.1 Å². The Hall–Kier alpha value is -3.84. The van der Waals surface area contributed by atoms with Gasteiger partial charge in [-0.15, -0.1) is 0 Å². The van der Waals surface area contributed by atoms with E-state index in [-0.39, 0.29) is 11.8 Å². The summed E-state index contributed by atoms with van der Waals surface area (Å²) < 4.78 is 2.07. The van der Waals surface area contributed by atoms with Crippen LogP contribution in [0.15, 0.2) is 66.9 Å². The second-order valence-corrected chi connectivity index (χ2v) is 8.85. The van der Waals surface area contributed by atoms with Crippen molar-refractivity contribution in [2.45, 2.75) is 26.4 Å². The zero-order chi connectivity index (χ0) is 23.7. The molecule has 0 fully saturated rings. The fourth-order valence-corrected chi connectivity index (χ4v) is 4.30. The third kappa shape index (κ3) is 4.47. The molecular weight excluding hydrogens is 450 g/mol. The highest BCUT2D eigenvalue weighted by atomic mass is 35.5. The number of anilines is 1. The fourth-order valence-electron chi connectivity index (χ4n) is 4.18. The van der Waals surface area contributed by atoms with Gasteiger partial charge in [0.15, 0.2) is 5.69 Å². The molecule has 4 aromatic rings. The summed E-state index contributed by atoms with van der Waals surface area (Å²) in [5.41, 5.74) is 4.47. The smallest absolute Gasteiger partial charge is 0.276 e. The molecule has 0 bridgehead atoms. The maximum absolute atomic E-state index is 13.3. The highest BCUT2D eigenvalue weighted by Crippen LogP contribution is 2.24. The normalized spacial score (nSPS) is 12.9. The first-order chi connectivity index (χ1) is 16.5. The molecule has 0 aliphatic carbocycles. The van der Waals surface area contributed by atoms with Crippen LogP contribution in [0.25, 0.3) is 0 Å². The van der Waals surface area contributed by atoms with E-state index in [4.69, 9.17) is 16.6 Å². The molecule has 2 N–H and O–H groups in total. The molecule has 0 unspecified atom stereocenters. The summed E-state index contributed by atoms with van der Waals surface area (Å²) in [6, 6.07) is 18.8. The summed E-state index contributed by atoms with van der Waals surface area (Å²) in [4.78, 5) is 35.7. The standard InChI is InChI=1S/C26H24ClN5O2/c1-17-4-10-20(11-5-17)29-25(33)24-22-16-31(26(34)21-3-2-12-28-21)13-14-32(22)23(30-24)15-18-6-8-19(27)9-7-18/h2-12,28H,13-16H2,1H3,(H,29,33). The number of carbonyl (C=O) groups is 2. The molecule has 8 heteroatoms. The first kappa shape index (κ1) is 22.0. The molecule has 0 spiro atoms. The van der Waals surface area contributed by atoms with Crippen LogP contribution in [0.2, 0.25) is 5.02 Å². The number of H-pyrrole nitrogens is 1. The Morgan fingerprint density at radius 3 is 2.53 bits per heavy atom. The van der Waals surface area contributed by atoms with Crippen LogP contribution in [0.1, 0.15) is 43.6 Å². The maximum atomic E-state index is 13.3. The van der Waals surface area contributed by atoms with Gasteiger partial charge in [-0.05, 0) is 48.9 Å². The van der Waals surface area contributed by atoms with Gasteiger partial charge in [0.25, 0.3) is 11.8 Å². The van der Waals surface area contributed by atoms with Crippen molar-refractivity contribution in [3.63, 3.8) is 0 Å². The predicted molar refractivity (Wildman–Crippen MR) is 131 cm³/mol. The summed E-state index contributed by atoms with van der Waals surface area (Å²) in [7, 11) is 0. The van der Waals surface area contributed by atoms with E-state index in [1.807, 2.05) is 55.5 Å². The number of aromatic nitrogens is 3. The number of imidazole rings is 1. The molecule has 0 saturated heterocycles. The average molecular weight is 474 g/mol. The molecule has 0 radical (unpaired) electrons. The van der Waals surface area contributed by atoms with Crippen LogP contribution in [-0.2, 0) is 19.5 Å². The van der Waals surface area contributed by atoms with Crippen molar-refractivity contribution < 1.29 is 9.59 Å². The van der Waals surface area contributed by atoms with Gasteiger partial charge in [0.2, 0.25) is 0 Å². The summed E-state index contributed by atoms with van der Waals surface area (Å²) in [6.45, 7) is 3.40. The van der Waals surface area contributed by atoms with Gasteiger partial charge in [0.05, 0.1) is 12.2 Å². The van der Waals surface area contributed by atoms with Crippen molar-refractivity contribution in [2.75, 3.05) is 11.9 Å². The monoisotopic (exact) mass is 473 g/mol. The number of rotatable bonds is 5. The van der Waals surface area contributed by atoms with Crippen molar-refractivity contribution in [3.8, 4) is 0 Å². The molecule has 7 nitrogen and oxygen atoms in total. The van der Waals surface area contributed by atoms with Crippen molar-refractivity contribution in [1.29, 1.82) is 0 Å². The van der Waals surface area contributed by atoms with Gasteiger partial charge in [-0.25, -0.2) is 4.98 Å². The van der Waals surface area contributed by atoms with Crippen LogP contribution >= 0.6 is 11.6 Å². The zero-order valence-electron chi connectivity index (χ0n) is 18.7. The topological polar surface area (TPSA) is 83.0 Å². The van der Waals surface area contributed by atoms with E-state index < -0.39 is 0 Å². The average Bonchev–Trinajstić information content (AvgIpc) is 3.50. The molecule has 3 heterocycles. The quantitative estimate of drug-likeness (QED) is 0.441. The van der Waals surface area contributed by atoms with E-state index in [2.05, 4.69) is 14.9 Å². The van der Waals surface area contributed by atoms with Crippen LogP contribution in [-0.4, -0.2) is 37.8 Å². The number of hydrogen-bond donors (Lipinski definition) is 2. The van der Waals surface area contributed by atoms with Crippen LogP contribution in [0, 0.1) is 6.92 Å². The molecule has 0 atom stereocenters. The minimum Gasteiger partial charge on any atom is -0.357 e. The van der Waals surface area contributed by atoms with E-state index in [0.717, 1.165) is 22.6 Å². The van der Waals surface area contributed by atoms with Gasteiger partial charge in [0.1, 0.15) is 11.5 Å². The Kier molecular flexibility index (Phi) is 5.94. The van der Waals surface area contributed by atoms with Crippen LogP contribution in [0.4, 0.5) is 5.69 Å². The summed E-state index contributed by atoms with van der Waals surface area (Å²) in [6.07, 6.45) is 2.29. The zero-order valence-corrected chi connectivity index (χ0v) is 19.5. The Morgan fingerprint density at radius 2 is 1.82 bits per heavy atom. The van der Waals surface area contributed by atoms with Crippen molar-refractivity contribution in [1.82, 2.24) is 19.4 Å². The highest BCUT2D eigenvalue weighted by Gasteiger charge is 2.30. The number of nitrogens with zero attached hydrogens (tertiary/aromatic N) is 3. The van der Waals surface area contributed by atoms with Gasteiger partial charge in [-0.1, -0.05) is 41.4 Å². The van der Waals surface area contributed by atoms with Crippen LogP contribution in [0.5, 0.6) is 0 Å². The van der Waals surface area contributed by atoms with Crippen LogP contribution in [0.3, 0.4) is 0 Å². The molecule has 172 valence electrons. The molecular formula is C26H24ClN5O2. The van der Waals surface area contributed by atoms with Gasteiger partial charge in [-0.2, -0.15) is 0 Å². The lowest BCUT2D eigenvalue weighted by molar-refractivity contribution is 0.0702. The van der Waals surface area contributed by atoms with Crippen LogP contribution < -0.4 is 5.32 Å². The van der Waals surface area contributed by atoms with Gasteiger partial charge in [-0.3, -0.25) is 9.59 Å². The number of benzene rings is 2. The Balaban J connectivity index is 1.47. The number of amides is 2. The number of aromatic amines is 1. The second kappa shape index (κ2) is 9.19. The summed E-state index contributed by atoms with van der Waals surface area (Å²) in [5.74, 6) is 0.407. The molecule has 2 aromatic heterocycles. The van der Waals surface area contributed by atoms with E-state index in [9.17, 15) is 9.59 Å². The molecule has 2 aromatic carbocycles. The number of carbonyl (C=O) groups excluding carboxylic acids is 2. The van der Waals surface area contributed by atoms with E-state index in [1.54, 1.807) is 23.2 Å². The van der Waals surface area contributed by atoms with Gasteiger partial charge < -0.3 is 19.8 Å². The molecule has 34 heavy (non-hydrogen) atoms. The lowest BCUT2D eigenvalue weighted by Gasteiger charge is -2.29. The lowest BCUT2D eigenvalue weighted by Crippen LogP contribution is -2.39. The third-order valence-electron chi connectivity index (χ3n) is 6.00. The molecule has 2 amide bonds. The van der Waals surface area contributed by atoms with E-state index >= 15 is 0 Å². The number of hydrogen-bond acceptors (Lipinski definition) is 3. The molecule has 1 aliphatic rings. The highest BCUT2D eigenvalue weighted by molar-refractivity contribution is 6.30. The minimum absolute atomic E-state index is 0.0957. The molecule has 1 aliphatic heterocycles. The predicted octanol–water partition coefficient (Wildman–Crippen LogP) is 4.67. The summed E-state index contributed by atoms with van der Waals surface area (Å²) in [5, 5.41) is 3.62. The minimum atomic E-state index is -0.288. The second-order valence-electron chi connectivity index (χ2n) is 8.41. The number of fused-ring (bicyclic) bond motifs is 1. The van der Waals surface area contributed by atoms with Gasteiger partial charge in [0, 0.05) is 36.4 Å². The first-order valence-electron chi connectivity index (χ1n) is 11.1. The number of aryl methyl sites for hydroxylation is 1. The Labute approximate surface area is 202 Å². The van der Waals surface area contributed by atoms with Crippen molar-refractivity contribution in [2.24, 2.45) is 0 Å².